The van der Waals surface area contributed by atoms with Gasteiger partial charge in [-0.05, 0) is 29.8 Å². The van der Waals surface area contributed by atoms with Crippen molar-refractivity contribution >= 4 is 23.0 Å². The molecular weight excluding hydrogens is 337 g/mol. The van der Waals surface area contributed by atoms with E-state index in [1.165, 1.54) is 18.5 Å². The number of ether oxygens (including phenoxy) is 2. The molecule has 0 amide bonds. The van der Waals surface area contributed by atoms with Crippen molar-refractivity contribution in [3.8, 4) is 11.5 Å². The summed E-state index contributed by atoms with van der Waals surface area (Å²) in [7, 11) is 0. The summed E-state index contributed by atoms with van der Waals surface area (Å²) in [5.74, 6) is 2.06. The highest BCUT2D eigenvalue weighted by molar-refractivity contribution is 5.78. The first kappa shape index (κ1) is 15.9. The summed E-state index contributed by atoms with van der Waals surface area (Å²) in [6.45, 7) is 0.677. The van der Waals surface area contributed by atoms with E-state index in [9.17, 15) is 4.39 Å². The third kappa shape index (κ3) is 3.30. The Morgan fingerprint density at radius 2 is 1.77 bits per heavy atom. The maximum atomic E-state index is 13.0. The van der Waals surface area contributed by atoms with Gasteiger partial charge in [0.1, 0.15) is 17.8 Å². The minimum absolute atomic E-state index is 0.214. The van der Waals surface area contributed by atoms with E-state index in [-0.39, 0.29) is 12.6 Å². The molecule has 0 aliphatic carbocycles. The third-order valence-electron chi connectivity index (χ3n) is 3.89. The van der Waals surface area contributed by atoms with E-state index >= 15 is 0 Å². The highest BCUT2D eigenvalue weighted by Gasteiger charge is 2.14. The average molecular weight is 353 g/mol. The average Bonchev–Trinajstić information content (AvgIpc) is 3.11. The Hall–Kier alpha value is -3.55. The number of hydrogen-bond acceptors (Lipinski definition) is 7. The third-order valence-corrected chi connectivity index (χ3v) is 3.89. The number of halogens is 1. The molecule has 8 heteroatoms. The Morgan fingerprint density at radius 3 is 2.62 bits per heavy atom. The molecule has 1 aliphatic heterocycles. The topological polar surface area (TPSA) is 94.3 Å². The maximum Gasteiger partial charge on any atom is 0.231 e. The van der Waals surface area contributed by atoms with Gasteiger partial charge in [-0.25, -0.2) is 14.4 Å². The van der Waals surface area contributed by atoms with Crippen molar-refractivity contribution in [2.75, 3.05) is 23.2 Å². The van der Waals surface area contributed by atoms with Crippen LogP contribution in [0.25, 0.3) is 0 Å². The first-order valence-electron chi connectivity index (χ1n) is 7.94. The molecule has 0 unspecified atom stereocenters. The lowest BCUT2D eigenvalue weighted by molar-refractivity contribution is 0.174. The zero-order chi connectivity index (χ0) is 17.9. The minimum atomic E-state index is -0.273. The molecule has 0 saturated heterocycles. The second-order valence-corrected chi connectivity index (χ2v) is 5.66. The van der Waals surface area contributed by atoms with E-state index in [4.69, 9.17) is 15.2 Å². The molecule has 0 atom stereocenters. The van der Waals surface area contributed by atoms with Crippen LogP contribution in [0.1, 0.15) is 5.56 Å². The highest BCUT2D eigenvalue weighted by Crippen LogP contribution is 2.35. The van der Waals surface area contributed by atoms with Gasteiger partial charge in [-0.15, -0.1) is 0 Å². The van der Waals surface area contributed by atoms with Crippen molar-refractivity contribution in [3.63, 3.8) is 0 Å². The number of anilines is 4. The predicted molar refractivity (Wildman–Crippen MR) is 96.0 cm³/mol. The number of nitrogens with zero attached hydrogens (tertiary/aromatic N) is 2. The number of fused-ring (bicyclic) bond motifs is 1. The van der Waals surface area contributed by atoms with Gasteiger partial charge < -0.3 is 25.8 Å². The summed E-state index contributed by atoms with van der Waals surface area (Å²) >= 11 is 0. The molecule has 7 nitrogen and oxygen atoms in total. The minimum Gasteiger partial charge on any atom is -0.454 e. The fourth-order valence-corrected chi connectivity index (χ4v) is 2.54. The van der Waals surface area contributed by atoms with Gasteiger partial charge in [0.05, 0.1) is 0 Å². The van der Waals surface area contributed by atoms with Gasteiger partial charge in [0, 0.05) is 18.3 Å². The molecule has 4 rings (SSSR count). The number of aromatic nitrogens is 2. The van der Waals surface area contributed by atoms with Crippen LogP contribution in [0.2, 0.25) is 0 Å². The monoisotopic (exact) mass is 353 g/mol. The SMILES string of the molecule is Nc1c(NCc2ccc(F)cc2)ncnc1Nc1ccc2c(c1)OCO2. The Bertz CT molecular complexity index is 933. The molecule has 1 aliphatic rings. The molecule has 0 bridgehead atoms. The molecule has 2 aromatic carbocycles. The molecule has 2 heterocycles. The largest absolute Gasteiger partial charge is 0.454 e. The highest BCUT2D eigenvalue weighted by atomic mass is 19.1. The lowest BCUT2D eigenvalue weighted by atomic mass is 10.2. The Labute approximate surface area is 149 Å². The smallest absolute Gasteiger partial charge is 0.231 e. The van der Waals surface area contributed by atoms with Gasteiger partial charge in [-0.2, -0.15) is 0 Å². The van der Waals surface area contributed by atoms with E-state index in [1.807, 2.05) is 18.2 Å². The number of nitrogen functional groups attached to an aromatic ring is 1. The summed E-state index contributed by atoms with van der Waals surface area (Å²) in [5.41, 5.74) is 8.23. The van der Waals surface area contributed by atoms with Crippen LogP contribution in [0, 0.1) is 5.82 Å². The first-order chi connectivity index (χ1) is 12.7. The van der Waals surface area contributed by atoms with E-state index in [1.54, 1.807) is 12.1 Å². The molecule has 132 valence electrons. The predicted octanol–water partition coefficient (Wildman–Crippen LogP) is 3.28. The standard InChI is InChI=1S/C18H16FN5O2/c19-12-3-1-11(2-4-12)8-21-17-16(20)18(23-9-22-17)24-13-5-6-14-15(7-13)26-10-25-14/h1-7,9H,8,10,20H2,(H2,21,22,23,24). The van der Waals surface area contributed by atoms with Crippen LogP contribution in [-0.4, -0.2) is 16.8 Å². The Balaban J connectivity index is 1.49. The summed E-state index contributed by atoms with van der Waals surface area (Å²) in [6.07, 6.45) is 1.42. The maximum absolute atomic E-state index is 13.0. The van der Waals surface area contributed by atoms with Gasteiger partial charge >= 0.3 is 0 Å². The number of hydrogen-bond donors (Lipinski definition) is 3. The quantitative estimate of drug-likeness (QED) is 0.648. The van der Waals surface area contributed by atoms with Crippen LogP contribution < -0.4 is 25.8 Å². The summed E-state index contributed by atoms with van der Waals surface area (Å²) < 4.78 is 23.6. The molecule has 3 aromatic rings. The second-order valence-electron chi connectivity index (χ2n) is 5.66. The lowest BCUT2D eigenvalue weighted by Crippen LogP contribution is -2.08. The number of rotatable bonds is 5. The van der Waals surface area contributed by atoms with E-state index < -0.39 is 0 Å². The van der Waals surface area contributed by atoms with Gasteiger partial charge in [-0.3, -0.25) is 0 Å². The molecule has 0 spiro atoms. The van der Waals surface area contributed by atoms with E-state index in [0.717, 1.165) is 11.3 Å². The van der Waals surface area contributed by atoms with Crippen LogP contribution in [0.4, 0.5) is 27.4 Å². The molecule has 0 fully saturated rings. The van der Waals surface area contributed by atoms with Crippen LogP contribution in [-0.2, 0) is 6.54 Å². The van der Waals surface area contributed by atoms with Crippen molar-refractivity contribution in [1.82, 2.24) is 9.97 Å². The number of nitrogens with two attached hydrogens (primary N) is 1. The molecule has 0 radical (unpaired) electrons. The van der Waals surface area contributed by atoms with Gasteiger partial charge in [0.25, 0.3) is 0 Å². The summed E-state index contributed by atoms with van der Waals surface area (Å²) in [4.78, 5) is 8.35. The zero-order valence-corrected chi connectivity index (χ0v) is 13.7. The van der Waals surface area contributed by atoms with Gasteiger partial charge in [0.2, 0.25) is 6.79 Å². The number of nitrogens with one attached hydrogen (secondary N) is 2. The van der Waals surface area contributed by atoms with Crippen molar-refractivity contribution in [2.24, 2.45) is 0 Å². The molecule has 4 N–H and O–H groups in total. The molecule has 1 aromatic heterocycles. The van der Waals surface area contributed by atoms with Crippen LogP contribution >= 0.6 is 0 Å². The molecule has 26 heavy (non-hydrogen) atoms. The summed E-state index contributed by atoms with van der Waals surface area (Å²) in [5, 5.41) is 6.28. The van der Waals surface area contributed by atoms with Crippen LogP contribution in [0.15, 0.2) is 48.8 Å². The Kier molecular flexibility index (Phi) is 4.14. The van der Waals surface area contributed by atoms with E-state index in [0.29, 0.717) is 35.4 Å². The number of benzene rings is 2. The van der Waals surface area contributed by atoms with Crippen molar-refractivity contribution in [1.29, 1.82) is 0 Å². The first-order valence-corrected chi connectivity index (χ1v) is 7.94. The fourth-order valence-electron chi connectivity index (χ4n) is 2.54. The zero-order valence-electron chi connectivity index (χ0n) is 13.7. The van der Waals surface area contributed by atoms with Gasteiger partial charge in [0.15, 0.2) is 23.1 Å². The lowest BCUT2D eigenvalue weighted by Gasteiger charge is -2.13. The molecule has 0 saturated carbocycles. The summed E-state index contributed by atoms with van der Waals surface area (Å²) in [6, 6.07) is 11.7. The van der Waals surface area contributed by atoms with Gasteiger partial charge in [-0.1, -0.05) is 12.1 Å². The van der Waals surface area contributed by atoms with Crippen molar-refractivity contribution < 1.29 is 13.9 Å². The second kappa shape index (κ2) is 6.75. The van der Waals surface area contributed by atoms with Crippen LogP contribution in [0.5, 0.6) is 11.5 Å². The van der Waals surface area contributed by atoms with Crippen molar-refractivity contribution in [3.05, 3.63) is 60.2 Å². The van der Waals surface area contributed by atoms with E-state index in [2.05, 4.69) is 20.6 Å². The Morgan fingerprint density at radius 1 is 1.00 bits per heavy atom. The van der Waals surface area contributed by atoms with Crippen molar-refractivity contribution in [2.45, 2.75) is 6.54 Å². The normalized spacial score (nSPS) is 12.0. The fraction of sp³-hybridized carbons (Fsp3) is 0.111. The van der Waals surface area contributed by atoms with Crippen LogP contribution in [0.3, 0.4) is 0 Å². The molecular formula is C18H16FN5O2.